The van der Waals surface area contributed by atoms with Crippen molar-refractivity contribution in [3.05, 3.63) is 83.1 Å². The summed E-state index contributed by atoms with van der Waals surface area (Å²) in [4.78, 5) is 11.4. The number of hydrogen-bond donors (Lipinski definition) is 2. The number of aromatic carboxylic acids is 1. The maximum atomic E-state index is 14.6. The molecule has 1 heterocycles. The second kappa shape index (κ2) is 7.95. The number of carbonyl (C=O) groups is 1. The smallest absolute Gasteiger partial charge is 0.335 e. The number of nitriles is 1. The monoisotopic (exact) mass is 472 g/mol. The van der Waals surface area contributed by atoms with Crippen LogP contribution in [0.1, 0.15) is 41.4 Å². The number of benzene rings is 3. The summed E-state index contributed by atoms with van der Waals surface area (Å²) in [5, 5.41) is 30.1. The number of aromatic nitrogens is 1. The molecule has 1 aliphatic carbocycles. The molecule has 1 fully saturated rings. The van der Waals surface area contributed by atoms with E-state index in [2.05, 4.69) is 6.07 Å². The molecule has 176 valence electrons. The highest BCUT2D eigenvalue weighted by Crippen LogP contribution is 2.54. The molecule has 5 rings (SSSR count). The molecule has 0 saturated heterocycles. The van der Waals surface area contributed by atoms with Gasteiger partial charge in [-0.3, -0.25) is 0 Å². The highest BCUT2D eigenvalue weighted by atomic mass is 19.1. The lowest BCUT2D eigenvalue weighted by Crippen LogP contribution is -2.39. The van der Waals surface area contributed by atoms with Gasteiger partial charge in [-0.2, -0.15) is 5.26 Å². The lowest BCUT2D eigenvalue weighted by Gasteiger charge is -2.43. The van der Waals surface area contributed by atoms with Crippen molar-refractivity contribution >= 4 is 16.9 Å². The Balaban J connectivity index is 1.91. The average Bonchev–Trinajstić information content (AvgIpc) is 3.14. The van der Waals surface area contributed by atoms with Gasteiger partial charge in [-0.05, 0) is 67.3 Å². The van der Waals surface area contributed by atoms with Gasteiger partial charge in [0.05, 0.1) is 22.5 Å². The fraction of sp³-hybridized carbons (Fsp3) is 0.214. The van der Waals surface area contributed by atoms with E-state index in [1.807, 2.05) is 11.5 Å². The number of rotatable bonds is 4. The summed E-state index contributed by atoms with van der Waals surface area (Å²) in [6.45, 7) is 3.66. The van der Waals surface area contributed by atoms with Crippen molar-refractivity contribution < 1.29 is 23.8 Å². The van der Waals surface area contributed by atoms with Crippen LogP contribution in [0.3, 0.4) is 0 Å². The Labute approximate surface area is 200 Å². The van der Waals surface area contributed by atoms with Crippen LogP contribution in [-0.4, -0.2) is 20.7 Å². The molecule has 1 aromatic heterocycles. The number of aromatic hydroxyl groups is 1. The third kappa shape index (κ3) is 3.53. The minimum Gasteiger partial charge on any atom is -0.507 e. The fourth-order valence-corrected chi connectivity index (χ4v) is 5.34. The zero-order valence-electron chi connectivity index (χ0n) is 19.1. The molecule has 0 bridgehead atoms. The Kier molecular flexibility index (Phi) is 5.13. The molecule has 0 radical (unpaired) electrons. The van der Waals surface area contributed by atoms with E-state index in [1.54, 1.807) is 31.2 Å². The molecule has 2 N–H and O–H groups in total. The van der Waals surface area contributed by atoms with Crippen LogP contribution in [0.25, 0.3) is 27.7 Å². The van der Waals surface area contributed by atoms with Crippen molar-refractivity contribution in [3.8, 4) is 28.6 Å². The molecule has 0 spiro atoms. The Morgan fingerprint density at radius 1 is 1.11 bits per heavy atom. The molecular weight excluding hydrogens is 450 g/mol. The summed E-state index contributed by atoms with van der Waals surface area (Å²) in [5.74, 6) is -2.45. The van der Waals surface area contributed by atoms with Crippen molar-refractivity contribution in [1.82, 2.24) is 4.57 Å². The van der Waals surface area contributed by atoms with Crippen LogP contribution in [0.5, 0.6) is 5.75 Å². The number of nitrogens with zero attached hydrogens (tertiary/aromatic N) is 2. The molecule has 0 unspecified atom stereocenters. The summed E-state index contributed by atoms with van der Waals surface area (Å²) in [5.41, 5.74) is 3.08. The predicted octanol–water partition coefficient (Wildman–Crippen LogP) is 6.48. The van der Waals surface area contributed by atoms with E-state index in [0.717, 1.165) is 11.8 Å². The summed E-state index contributed by atoms with van der Waals surface area (Å²) >= 11 is 0. The highest BCUT2D eigenvalue weighted by Gasteiger charge is 2.46. The topological polar surface area (TPSA) is 86.2 Å². The maximum Gasteiger partial charge on any atom is 0.335 e. The summed E-state index contributed by atoms with van der Waals surface area (Å²) in [6, 6.07) is 15.6. The van der Waals surface area contributed by atoms with E-state index >= 15 is 0 Å². The minimum atomic E-state index is -1.06. The van der Waals surface area contributed by atoms with E-state index in [4.69, 9.17) is 0 Å². The molecule has 35 heavy (non-hydrogen) atoms. The first-order valence-corrected chi connectivity index (χ1v) is 11.2. The standard InChI is InChI=1S/C28H22F2N2O3/c1-15-9-20(7-8-21(15)30)32-22-10-19(29)11-23(33)25(22)24(17-3-5-18(6-4-17)27(34)35)26(32)28(2)12-16(13-28)14-31/h3-11,16,33H,12-13H2,1-2H3,(H,34,35). The molecule has 7 heteroatoms. The van der Waals surface area contributed by atoms with Gasteiger partial charge < -0.3 is 14.8 Å². The van der Waals surface area contributed by atoms with E-state index in [0.29, 0.717) is 46.1 Å². The number of carboxylic acid groups (broad SMARTS) is 1. The Morgan fingerprint density at radius 3 is 2.40 bits per heavy atom. The van der Waals surface area contributed by atoms with Gasteiger partial charge in [0.1, 0.15) is 17.4 Å². The van der Waals surface area contributed by atoms with E-state index in [1.165, 1.54) is 24.3 Å². The lowest BCUT2D eigenvalue weighted by molar-refractivity contribution is 0.0697. The van der Waals surface area contributed by atoms with Gasteiger partial charge in [0.25, 0.3) is 0 Å². The highest BCUT2D eigenvalue weighted by molar-refractivity contribution is 6.04. The number of fused-ring (bicyclic) bond motifs is 1. The third-order valence-electron chi connectivity index (χ3n) is 6.98. The number of carboxylic acids is 1. The normalized spacial score (nSPS) is 19.3. The van der Waals surface area contributed by atoms with Crippen LogP contribution in [0.2, 0.25) is 0 Å². The number of phenols is 1. The van der Waals surface area contributed by atoms with Crippen molar-refractivity contribution in [2.45, 2.75) is 32.1 Å². The molecule has 0 amide bonds. The summed E-state index contributed by atoms with van der Waals surface area (Å²) in [6.07, 6.45) is 1.12. The Morgan fingerprint density at radius 2 is 1.80 bits per heavy atom. The van der Waals surface area contributed by atoms with Crippen LogP contribution in [-0.2, 0) is 5.41 Å². The van der Waals surface area contributed by atoms with Gasteiger partial charge in [0.2, 0.25) is 0 Å². The summed E-state index contributed by atoms with van der Waals surface area (Å²) < 4.78 is 30.6. The first kappa shape index (κ1) is 22.6. The largest absolute Gasteiger partial charge is 0.507 e. The molecule has 1 saturated carbocycles. The first-order chi connectivity index (χ1) is 16.6. The quantitative estimate of drug-likeness (QED) is 0.356. The molecular formula is C28H22F2N2O3. The van der Waals surface area contributed by atoms with Crippen LogP contribution < -0.4 is 0 Å². The summed E-state index contributed by atoms with van der Waals surface area (Å²) in [7, 11) is 0. The number of hydrogen-bond acceptors (Lipinski definition) is 3. The SMILES string of the molecule is Cc1cc(-n2c(C3(C)CC(C#N)C3)c(-c3ccc(C(=O)O)cc3)c3c(O)cc(F)cc32)ccc1F. The molecule has 3 aromatic carbocycles. The first-order valence-electron chi connectivity index (χ1n) is 11.2. The van der Waals surface area contributed by atoms with E-state index in [9.17, 15) is 29.1 Å². The second-order valence-corrected chi connectivity index (χ2v) is 9.49. The maximum absolute atomic E-state index is 14.6. The van der Waals surface area contributed by atoms with Gasteiger partial charge in [0.15, 0.2) is 0 Å². The molecule has 0 atom stereocenters. The Bertz CT molecular complexity index is 1540. The van der Waals surface area contributed by atoms with Gasteiger partial charge >= 0.3 is 5.97 Å². The van der Waals surface area contributed by atoms with Gasteiger partial charge in [-0.25, -0.2) is 13.6 Å². The van der Waals surface area contributed by atoms with Gasteiger partial charge in [-0.15, -0.1) is 0 Å². The minimum absolute atomic E-state index is 0.114. The van der Waals surface area contributed by atoms with Gasteiger partial charge in [0, 0.05) is 34.3 Å². The molecule has 1 aliphatic rings. The number of aryl methyl sites for hydroxylation is 1. The van der Waals surface area contributed by atoms with Crippen LogP contribution in [0.15, 0.2) is 54.6 Å². The molecule has 4 aromatic rings. The lowest BCUT2D eigenvalue weighted by atomic mass is 9.61. The van der Waals surface area contributed by atoms with E-state index < -0.39 is 17.2 Å². The third-order valence-corrected chi connectivity index (χ3v) is 6.98. The second-order valence-electron chi connectivity index (χ2n) is 9.49. The fourth-order valence-electron chi connectivity index (χ4n) is 5.34. The van der Waals surface area contributed by atoms with Crippen LogP contribution in [0, 0.1) is 35.8 Å². The number of halogens is 2. The van der Waals surface area contributed by atoms with Crippen molar-refractivity contribution in [3.63, 3.8) is 0 Å². The molecule has 5 nitrogen and oxygen atoms in total. The van der Waals surface area contributed by atoms with Gasteiger partial charge in [-0.1, -0.05) is 19.1 Å². The van der Waals surface area contributed by atoms with E-state index in [-0.39, 0.29) is 23.0 Å². The van der Waals surface area contributed by atoms with Crippen molar-refractivity contribution in [2.75, 3.05) is 0 Å². The zero-order chi connectivity index (χ0) is 25.1. The number of phenolic OH excluding ortho intramolecular Hbond substituents is 1. The average molecular weight is 472 g/mol. The zero-order valence-corrected chi connectivity index (χ0v) is 19.1. The predicted molar refractivity (Wildman–Crippen MR) is 128 cm³/mol. The van der Waals surface area contributed by atoms with Crippen LogP contribution in [0.4, 0.5) is 8.78 Å². The van der Waals surface area contributed by atoms with Crippen molar-refractivity contribution in [2.24, 2.45) is 5.92 Å². The van der Waals surface area contributed by atoms with Crippen molar-refractivity contribution in [1.29, 1.82) is 5.26 Å². The van der Waals surface area contributed by atoms with Crippen LogP contribution >= 0.6 is 0 Å². The molecule has 0 aliphatic heterocycles. The Hall–Kier alpha value is -4.18.